The molecule has 0 radical (unpaired) electrons. The molecule has 2 rings (SSSR count). The van der Waals surface area contributed by atoms with Crippen LogP contribution in [0, 0.1) is 0 Å². The minimum Gasteiger partial charge on any atom is -0.467 e. The Hall–Kier alpha value is -0.840. The third kappa shape index (κ3) is 2.35. The first-order valence-corrected chi connectivity index (χ1v) is 4.89. The highest BCUT2D eigenvalue weighted by molar-refractivity contribution is 5.02. The number of hydrogen-bond acceptors (Lipinski definition) is 4. The van der Waals surface area contributed by atoms with Crippen LogP contribution in [0.1, 0.15) is 18.3 Å². The third-order valence-electron chi connectivity index (χ3n) is 2.38. The summed E-state index contributed by atoms with van der Waals surface area (Å²) < 4.78 is 10.4. The second kappa shape index (κ2) is 4.59. The Morgan fingerprint density at radius 1 is 1.64 bits per heavy atom. The summed E-state index contributed by atoms with van der Waals surface area (Å²) in [4.78, 5) is 0. The number of aliphatic hydroxyl groups is 1. The summed E-state index contributed by atoms with van der Waals surface area (Å²) in [5, 5.41) is 13.1. The van der Waals surface area contributed by atoms with E-state index in [0.717, 1.165) is 13.2 Å². The van der Waals surface area contributed by atoms with E-state index >= 15 is 0 Å². The minimum absolute atomic E-state index is 0.226. The van der Waals surface area contributed by atoms with Gasteiger partial charge in [-0.3, -0.25) is 0 Å². The van der Waals surface area contributed by atoms with Crippen LogP contribution in [-0.2, 0) is 4.74 Å². The third-order valence-corrected chi connectivity index (χ3v) is 2.38. The van der Waals surface area contributed by atoms with Gasteiger partial charge in [0.1, 0.15) is 11.9 Å². The molecule has 2 unspecified atom stereocenters. The summed E-state index contributed by atoms with van der Waals surface area (Å²) in [7, 11) is 0. The Morgan fingerprint density at radius 2 is 2.57 bits per heavy atom. The largest absolute Gasteiger partial charge is 0.467 e. The fourth-order valence-electron chi connectivity index (χ4n) is 1.64. The maximum atomic E-state index is 9.77. The Morgan fingerprint density at radius 3 is 3.21 bits per heavy atom. The molecule has 14 heavy (non-hydrogen) atoms. The highest BCUT2D eigenvalue weighted by Gasteiger charge is 2.19. The smallest absolute Gasteiger partial charge is 0.132 e. The zero-order valence-corrected chi connectivity index (χ0v) is 7.98. The molecule has 1 aromatic rings. The lowest BCUT2D eigenvalue weighted by Gasteiger charge is -2.25. The lowest BCUT2D eigenvalue weighted by Crippen LogP contribution is -2.42. The van der Waals surface area contributed by atoms with E-state index in [4.69, 9.17) is 9.15 Å². The number of aliphatic hydroxyl groups excluding tert-OH is 1. The molecule has 0 amide bonds. The summed E-state index contributed by atoms with van der Waals surface area (Å²) in [6, 6.07) is 3.79. The highest BCUT2D eigenvalue weighted by Crippen LogP contribution is 2.19. The molecule has 4 nitrogen and oxygen atoms in total. The molecule has 0 bridgehead atoms. The van der Waals surface area contributed by atoms with Gasteiger partial charge in [-0.15, -0.1) is 0 Å². The van der Waals surface area contributed by atoms with E-state index in [1.54, 1.807) is 18.4 Å². The molecule has 0 aliphatic carbocycles. The van der Waals surface area contributed by atoms with Gasteiger partial charge in [-0.05, 0) is 18.6 Å². The van der Waals surface area contributed by atoms with Crippen LogP contribution in [0.3, 0.4) is 0 Å². The van der Waals surface area contributed by atoms with Crippen LogP contribution in [-0.4, -0.2) is 30.9 Å². The molecule has 1 aliphatic rings. The lowest BCUT2D eigenvalue weighted by atomic mass is 10.1. The average Bonchev–Trinajstić information content (AvgIpc) is 2.72. The summed E-state index contributed by atoms with van der Waals surface area (Å²) in [6.07, 6.45) is 1.67. The zero-order valence-electron chi connectivity index (χ0n) is 7.98. The van der Waals surface area contributed by atoms with Gasteiger partial charge in [0, 0.05) is 12.6 Å². The van der Waals surface area contributed by atoms with E-state index in [2.05, 4.69) is 5.32 Å². The van der Waals surface area contributed by atoms with Crippen molar-refractivity contribution in [3.8, 4) is 0 Å². The van der Waals surface area contributed by atoms with Crippen LogP contribution in [0.25, 0.3) is 0 Å². The predicted molar refractivity (Wildman–Crippen MR) is 50.9 cm³/mol. The molecular weight excluding hydrogens is 182 g/mol. The van der Waals surface area contributed by atoms with Gasteiger partial charge in [-0.2, -0.15) is 0 Å². The average molecular weight is 197 g/mol. The first-order valence-electron chi connectivity index (χ1n) is 4.89. The number of morpholine rings is 1. The monoisotopic (exact) mass is 197 g/mol. The molecule has 2 N–H and O–H groups in total. The van der Waals surface area contributed by atoms with Crippen molar-refractivity contribution < 1.29 is 14.3 Å². The van der Waals surface area contributed by atoms with Crippen LogP contribution in [0.4, 0.5) is 0 Å². The minimum atomic E-state index is -0.538. The zero-order chi connectivity index (χ0) is 9.80. The van der Waals surface area contributed by atoms with Crippen molar-refractivity contribution in [3.63, 3.8) is 0 Å². The van der Waals surface area contributed by atoms with E-state index in [1.807, 2.05) is 0 Å². The van der Waals surface area contributed by atoms with E-state index in [1.165, 1.54) is 0 Å². The summed E-state index contributed by atoms with van der Waals surface area (Å²) in [5.74, 6) is 0.623. The highest BCUT2D eigenvalue weighted by atomic mass is 16.5. The molecule has 2 heterocycles. The number of rotatable bonds is 3. The summed E-state index contributed by atoms with van der Waals surface area (Å²) in [5.41, 5.74) is 0. The van der Waals surface area contributed by atoms with E-state index in [0.29, 0.717) is 18.8 Å². The van der Waals surface area contributed by atoms with Crippen molar-refractivity contribution in [3.05, 3.63) is 24.2 Å². The van der Waals surface area contributed by atoms with E-state index in [9.17, 15) is 5.11 Å². The van der Waals surface area contributed by atoms with Crippen LogP contribution in [0.2, 0.25) is 0 Å². The van der Waals surface area contributed by atoms with E-state index < -0.39 is 6.10 Å². The standard InChI is InChI=1S/C10H15NO3/c12-9(10-2-1-4-14-10)6-8-7-13-5-3-11-8/h1-2,4,8-9,11-12H,3,5-7H2. The van der Waals surface area contributed by atoms with Crippen molar-refractivity contribution in [1.82, 2.24) is 5.32 Å². The second-order valence-electron chi connectivity index (χ2n) is 3.49. The molecule has 0 spiro atoms. The van der Waals surface area contributed by atoms with Crippen LogP contribution in [0.15, 0.2) is 22.8 Å². The SMILES string of the molecule is OC(CC1COCCN1)c1ccco1. The Bertz CT molecular complexity index is 254. The topological polar surface area (TPSA) is 54.6 Å². The first-order chi connectivity index (χ1) is 6.86. The molecule has 1 aromatic heterocycles. The Balaban J connectivity index is 1.84. The van der Waals surface area contributed by atoms with Gasteiger partial charge in [0.25, 0.3) is 0 Å². The summed E-state index contributed by atoms with van der Waals surface area (Å²) >= 11 is 0. The van der Waals surface area contributed by atoms with Gasteiger partial charge in [0.05, 0.1) is 19.5 Å². The van der Waals surface area contributed by atoms with Gasteiger partial charge in [-0.1, -0.05) is 0 Å². The lowest BCUT2D eigenvalue weighted by molar-refractivity contribution is 0.0468. The maximum absolute atomic E-state index is 9.77. The van der Waals surface area contributed by atoms with Gasteiger partial charge >= 0.3 is 0 Å². The number of nitrogens with one attached hydrogen (secondary N) is 1. The first kappa shape index (κ1) is 9.71. The molecule has 78 valence electrons. The fourth-order valence-corrected chi connectivity index (χ4v) is 1.64. The molecular formula is C10H15NO3. The quantitative estimate of drug-likeness (QED) is 0.748. The van der Waals surface area contributed by atoms with Crippen LogP contribution < -0.4 is 5.32 Å². The van der Waals surface area contributed by atoms with Crippen molar-refractivity contribution >= 4 is 0 Å². The number of furan rings is 1. The van der Waals surface area contributed by atoms with Gasteiger partial charge < -0.3 is 19.6 Å². The fraction of sp³-hybridized carbons (Fsp3) is 0.600. The molecule has 0 saturated carbocycles. The van der Waals surface area contributed by atoms with Gasteiger partial charge in [0.2, 0.25) is 0 Å². The summed E-state index contributed by atoms with van der Waals surface area (Å²) in [6.45, 7) is 2.28. The molecule has 0 aromatic carbocycles. The van der Waals surface area contributed by atoms with Crippen LogP contribution in [0.5, 0.6) is 0 Å². The maximum Gasteiger partial charge on any atom is 0.132 e. The normalized spacial score (nSPS) is 24.8. The number of hydrogen-bond donors (Lipinski definition) is 2. The Kier molecular flexibility index (Phi) is 3.18. The van der Waals surface area contributed by atoms with Gasteiger partial charge in [-0.25, -0.2) is 0 Å². The van der Waals surface area contributed by atoms with Crippen LogP contribution >= 0.6 is 0 Å². The molecule has 1 fully saturated rings. The number of ether oxygens (including phenoxy) is 1. The molecule has 2 atom stereocenters. The van der Waals surface area contributed by atoms with E-state index in [-0.39, 0.29) is 6.04 Å². The molecule has 1 saturated heterocycles. The van der Waals surface area contributed by atoms with Gasteiger partial charge in [0.15, 0.2) is 0 Å². The Labute approximate surface area is 82.9 Å². The van der Waals surface area contributed by atoms with Crippen molar-refractivity contribution in [2.24, 2.45) is 0 Å². The predicted octanol–water partition coefficient (Wildman–Crippen LogP) is 0.691. The molecule has 1 aliphatic heterocycles. The second-order valence-corrected chi connectivity index (χ2v) is 3.49. The molecule has 4 heteroatoms. The van der Waals surface area contributed by atoms with Crippen molar-refractivity contribution in [2.75, 3.05) is 19.8 Å². The van der Waals surface area contributed by atoms with Crippen molar-refractivity contribution in [1.29, 1.82) is 0 Å². The van der Waals surface area contributed by atoms with Crippen molar-refractivity contribution in [2.45, 2.75) is 18.6 Å².